The van der Waals surface area contributed by atoms with Gasteiger partial charge in [0.2, 0.25) is 10.0 Å². The lowest BCUT2D eigenvalue weighted by Gasteiger charge is -2.16. The quantitative estimate of drug-likeness (QED) is 0.178. The number of nitrogens with one attached hydrogen (secondary N) is 1. The molecule has 1 atom stereocenters. The molecule has 0 radical (unpaired) electrons. The number of carboxylic acids is 1. The first kappa shape index (κ1) is 21.6. The van der Waals surface area contributed by atoms with E-state index in [0.29, 0.717) is 30.6 Å². The van der Waals surface area contributed by atoms with Gasteiger partial charge in [0, 0.05) is 18.7 Å². The van der Waals surface area contributed by atoms with Crippen LogP contribution < -0.4 is 11.0 Å². The maximum Gasteiger partial charge on any atom is 0.307 e. The Kier molecular flexibility index (Phi) is 6.25. The van der Waals surface area contributed by atoms with Crippen molar-refractivity contribution in [1.82, 2.24) is 4.90 Å². The Bertz CT molecular complexity index is 1100. The Morgan fingerprint density at radius 2 is 1.93 bits per heavy atom. The van der Waals surface area contributed by atoms with E-state index >= 15 is 0 Å². The first-order chi connectivity index (χ1) is 14.2. The summed E-state index contributed by atoms with van der Waals surface area (Å²) in [6, 6.07) is 11.9. The number of nitrogens with zero attached hydrogens (tertiary/aromatic N) is 3. The van der Waals surface area contributed by atoms with Crippen LogP contribution >= 0.6 is 0 Å². The van der Waals surface area contributed by atoms with E-state index in [-0.39, 0.29) is 16.4 Å². The molecule has 2 aromatic carbocycles. The minimum atomic E-state index is -4.10. The van der Waals surface area contributed by atoms with Crippen molar-refractivity contribution in [2.24, 2.45) is 27.2 Å². The van der Waals surface area contributed by atoms with Crippen LogP contribution in [-0.4, -0.2) is 43.3 Å². The molecule has 1 aliphatic heterocycles. The lowest BCUT2D eigenvalue weighted by Crippen LogP contribution is -2.22. The molecule has 1 fully saturated rings. The van der Waals surface area contributed by atoms with E-state index in [0.717, 1.165) is 12.1 Å². The minimum Gasteiger partial charge on any atom is -0.481 e. The third-order valence-electron chi connectivity index (χ3n) is 5.02. The largest absolute Gasteiger partial charge is 0.481 e. The van der Waals surface area contributed by atoms with Gasteiger partial charge in [-0.05, 0) is 35.7 Å². The van der Waals surface area contributed by atoms with Gasteiger partial charge in [0.25, 0.3) is 0 Å². The maximum atomic E-state index is 12.0. The van der Waals surface area contributed by atoms with Gasteiger partial charge in [-0.3, -0.25) is 15.1 Å². The molecule has 11 heteroatoms. The summed E-state index contributed by atoms with van der Waals surface area (Å²) in [5.41, 5.74) is 2.13. The van der Waals surface area contributed by atoms with Gasteiger partial charge in [0.05, 0.1) is 10.8 Å². The van der Waals surface area contributed by atoms with Gasteiger partial charge < -0.3 is 10.9 Å². The number of hydrogen-bond acceptors (Lipinski definition) is 6. The average Bonchev–Trinajstić information content (AvgIpc) is 3.16. The van der Waals surface area contributed by atoms with Crippen molar-refractivity contribution in [2.45, 2.75) is 17.9 Å². The molecule has 1 saturated heterocycles. The van der Waals surface area contributed by atoms with Crippen molar-refractivity contribution in [2.75, 3.05) is 13.1 Å². The van der Waals surface area contributed by atoms with Crippen molar-refractivity contribution in [3.63, 3.8) is 0 Å². The third-order valence-corrected chi connectivity index (χ3v) is 5.97. The summed E-state index contributed by atoms with van der Waals surface area (Å²) < 4.78 is 24.0. The summed E-state index contributed by atoms with van der Waals surface area (Å²) in [4.78, 5) is 13.0. The summed E-state index contributed by atoms with van der Waals surface area (Å²) in [6.45, 7) is 1.85. The minimum absolute atomic E-state index is 0.0193. The van der Waals surface area contributed by atoms with Crippen molar-refractivity contribution in [3.8, 4) is 11.1 Å². The average molecular weight is 430 g/mol. The molecule has 30 heavy (non-hydrogen) atoms. The molecule has 1 heterocycles. The molecule has 0 saturated carbocycles. The zero-order valence-corrected chi connectivity index (χ0v) is 16.8. The van der Waals surface area contributed by atoms with Gasteiger partial charge >= 0.3 is 5.97 Å². The Hall–Kier alpha value is -3.15. The standard InChI is InChI=1S/C19H22N6O4S/c20-18(23-24-21)17-15(2-1-3-16(17)30(22,28)29)13-6-4-12(5-7-13)10-25-9-8-14(11-25)19(26)27/h1-7,14H,8-11H2,(H,26,27)(H3,20,21,23)(H2,22,28,29). The Morgan fingerprint density at radius 3 is 2.50 bits per heavy atom. The number of carboxylic acid groups (broad SMARTS) is 1. The van der Waals surface area contributed by atoms with Crippen molar-refractivity contribution >= 4 is 21.8 Å². The Balaban J connectivity index is 1.91. The summed E-state index contributed by atoms with van der Waals surface area (Å²) in [7, 11) is -4.10. The fourth-order valence-electron chi connectivity index (χ4n) is 3.59. The highest BCUT2D eigenvalue weighted by Crippen LogP contribution is 2.30. The number of amidine groups is 1. The van der Waals surface area contributed by atoms with Crippen LogP contribution in [0, 0.1) is 11.3 Å². The van der Waals surface area contributed by atoms with E-state index in [2.05, 4.69) is 15.2 Å². The Morgan fingerprint density at radius 1 is 1.23 bits per heavy atom. The van der Waals surface area contributed by atoms with Crippen LogP contribution in [0.2, 0.25) is 0 Å². The van der Waals surface area contributed by atoms with E-state index in [1.807, 2.05) is 12.1 Å². The van der Waals surface area contributed by atoms with E-state index in [1.54, 1.807) is 18.2 Å². The summed E-state index contributed by atoms with van der Waals surface area (Å²) in [6.07, 6.45) is 0.634. The molecule has 6 N–H and O–H groups in total. The van der Waals surface area contributed by atoms with Gasteiger partial charge in [-0.1, -0.05) is 41.6 Å². The van der Waals surface area contributed by atoms with Gasteiger partial charge in [-0.15, -0.1) is 5.11 Å². The Labute approximate surface area is 173 Å². The number of hydrogen-bond donors (Lipinski definition) is 4. The number of primary sulfonamides is 1. The molecule has 0 aromatic heterocycles. The van der Waals surface area contributed by atoms with E-state index < -0.39 is 21.8 Å². The lowest BCUT2D eigenvalue weighted by molar-refractivity contribution is -0.141. The smallest absolute Gasteiger partial charge is 0.307 e. The molecule has 0 spiro atoms. The zero-order chi connectivity index (χ0) is 21.9. The van der Waals surface area contributed by atoms with E-state index in [4.69, 9.17) is 21.5 Å². The molecule has 3 rings (SSSR count). The monoisotopic (exact) mass is 430 g/mol. The van der Waals surface area contributed by atoms with Gasteiger partial charge in [0.15, 0.2) is 5.84 Å². The second-order valence-electron chi connectivity index (χ2n) is 7.04. The number of nitrogens with two attached hydrogens (primary N) is 2. The molecule has 10 nitrogen and oxygen atoms in total. The van der Waals surface area contributed by atoms with Crippen LogP contribution in [-0.2, 0) is 21.4 Å². The van der Waals surface area contributed by atoms with Crippen molar-refractivity contribution < 1.29 is 18.3 Å². The first-order valence-electron chi connectivity index (χ1n) is 9.11. The highest BCUT2D eigenvalue weighted by molar-refractivity contribution is 7.89. The summed E-state index contributed by atoms with van der Waals surface area (Å²) in [5, 5.41) is 29.1. The van der Waals surface area contributed by atoms with Crippen molar-refractivity contribution in [3.05, 3.63) is 53.6 Å². The molecular weight excluding hydrogens is 408 g/mol. The first-order valence-corrected chi connectivity index (χ1v) is 10.7. The normalized spacial score (nSPS) is 17.4. The number of carbonyl (C=O) groups is 1. The highest BCUT2D eigenvalue weighted by atomic mass is 32.2. The number of aliphatic carboxylic acids is 1. The van der Waals surface area contributed by atoms with Crippen molar-refractivity contribution in [1.29, 1.82) is 5.41 Å². The summed E-state index contributed by atoms with van der Waals surface area (Å²) in [5.74, 6) is 3.51. The van der Waals surface area contributed by atoms with Crippen LogP contribution in [0.3, 0.4) is 0 Å². The van der Waals surface area contributed by atoms with Crippen LogP contribution in [0.1, 0.15) is 17.5 Å². The predicted molar refractivity (Wildman–Crippen MR) is 110 cm³/mol. The number of likely N-dealkylation sites (tertiary alicyclic amines) is 1. The fourth-order valence-corrected chi connectivity index (χ4v) is 4.35. The number of sulfonamides is 1. The molecule has 0 amide bonds. The lowest BCUT2D eigenvalue weighted by atomic mass is 9.98. The fraction of sp³-hybridized carbons (Fsp3) is 0.263. The molecule has 2 aromatic rings. The molecule has 0 bridgehead atoms. The second kappa shape index (κ2) is 8.69. The van der Waals surface area contributed by atoms with Crippen LogP contribution in [0.15, 0.2) is 57.7 Å². The zero-order valence-electron chi connectivity index (χ0n) is 16.0. The second-order valence-corrected chi connectivity index (χ2v) is 8.57. The maximum absolute atomic E-state index is 12.0. The molecule has 0 aliphatic carbocycles. The molecular formula is C19H22N6O4S. The topological polar surface area (TPSA) is 175 Å². The molecule has 158 valence electrons. The molecule has 1 aliphatic rings. The SMILES string of the molecule is N=C(N=NN)c1c(-c2ccc(CN3CCC(C(=O)O)C3)cc2)cccc1S(N)(=O)=O. The highest BCUT2D eigenvalue weighted by Gasteiger charge is 2.27. The van der Waals surface area contributed by atoms with Gasteiger partial charge in [-0.2, -0.15) is 0 Å². The van der Waals surface area contributed by atoms with Gasteiger partial charge in [0.1, 0.15) is 0 Å². The summed E-state index contributed by atoms with van der Waals surface area (Å²) >= 11 is 0. The van der Waals surface area contributed by atoms with Crippen LogP contribution in [0.5, 0.6) is 0 Å². The van der Waals surface area contributed by atoms with Gasteiger partial charge in [-0.25, -0.2) is 13.6 Å². The van der Waals surface area contributed by atoms with Crippen LogP contribution in [0.4, 0.5) is 0 Å². The third kappa shape index (κ3) is 4.70. The van der Waals surface area contributed by atoms with E-state index in [9.17, 15) is 13.2 Å². The van der Waals surface area contributed by atoms with E-state index in [1.165, 1.54) is 12.1 Å². The predicted octanol–water partition coefficient (Wildman–Crippen LogP) is 1.56. The number of benzene rings is 2. The number of rotatable bonds is 6. The van der Waals surface area contributed by atoms with Crippen LogP contribution in [0.25, 0.3) is 11.1 Å². The molecule has 1 unspecified atom stereocenters.